The van der Waals surface area contributed by atoms with E-state index >= 15 is 0 Å². The SMILES string of the molecule is C=CCC1(O)C=C[CH]C=C1C(=O)OC. The molecular formula is C11H13O3. The highest BCUT2D eigenvalue weighted by Gasteiger charge is 2.34. The maximum absolute atomic E-state index is 11.3. The van der Waals surface area contributed by atoms with E-state index < -0.39 is 11.6 Å². The zero-order valence-corrected chi connectivity index (χ0v) is 8.06. The molecule has 3 nitrogen and oxygen atoms in total. The Morgan fingerprint density at radius 3 is 3.07 bits per heavy atom. The number of methoxy groups -OCH3 is 1. The van der Waals surface area contributed by atoms with Crippen LogP contribution in [-0.2, 0) is 9.53 Å². The van der Waals surface area contributed by atoms with Gasteiger partial charge in [-0.05, 0) is 0 Å². The second-order valence-corrected chi connectivity index (χ2v) is 3.04. The largest absolute Gasteiger partial charge is 0.466 e. The topological polar surface area (TPSA) is 46.5 Å². The average Bonchev–Trinajstić information content (AvgIpc) is 2.17. The molecule has 0 aliphatic heterocycles. The molecule has 0 saturated heterocycles. The summed E-state index contributed by atoms with van der Waals surface area (Å²) in [7, 11) is 1.29. The molecule has 0 fully saturated rings. The molecule has 1 aliphatic carbocycles. The number of aliphatic hydroxyl groups is 1. The summed E-state index contributed by atoms with van der Waals surface area (Å²) in [5.41, 5.74) is -1.04. The Bertz CT molecular complexity index is 302. The van der Waals surface area contributed by atoms with Crippen LogP contribution >= 0.6 is 0 Å². The van der Waals surface area contributed by atoms with Gasteiger partial charge in [-0.2, -0.15) is 0 Å². The van der Waals surface area contributed by atoms with Crippen molar-refractivity contribution in [2.24, 2.45) is 0 Å². The van der Waals surface area contributed by atoms with E-state index in [0.717, 1.165) is 0 Å². The summed E-state index contributed by atoms with van der Waals surface area (Å²) in [6, 6.07) is 0. The lowest BCUT2D eigenvalue weighted by atomic mass is 9.86. The summed E-state index contributed by atoms with van der Waals surface area (Å²) in [5, 5.41) is 10.1. The van der Waals surface area contributed by atoms with E-state index in [0.29, 0.717) is 0 Å². The van der Waals surface area contributed by atoms with Crippen molar-refractivity contribution in [1.82, 2.24) is 0 Å². The fourth-order valence-corrected chi connectivity index (χ4v) is 1.35. The van der Waals surface area contributed by atoms with Gasteiger partial charge < -0.3 is 9.84 Å². The first-order chi connectivity index (χ1) is 6.64. The van der Waals surface area contributed by atoms with Gasteiger partial charge in [0.05, 0.1) is 12.7 Å². The van der Waals surface area contributed by atoms with E-state index in [1.807, 2.05) is 0 Å². The Labute approximate surface area is 83.4 Å². The predicted octanol–water partition coefficient (Wildman–Crippen LogP) is 1.17. The van der Waals surface area contributed by atoms with Gasteiger partial charge in [-0.25, -0.2) is 4.79 Å². The molecule has 0 heterocycles. The molecule has 0 aromatic heterocycles. The number of hydrogen-bond donors (Lipinski definition) is 1. The number of esters is 1. The van der Waals surface area contributed by atoms with E-state index in [1.54, 1.807) is 30.7 Å². The molecule has 1 N–H and O–H groups in total. The van der Waals surface area contributed by atoms with Gasteiger partial charge in [0.1, 0.15) is 5.60 Å². The molecule has 1 aliphatic rings. The molecule has 1 radical (unpaired) electrons. The van der Waals surface area contributed by atoms with E-state index in [1.165, 1.54) is 7.11 Å². The van der Waals surface area contributed by atoms with Crippen molar-refractivity contribution < 1.29 is 14.6 Å². The Hall–Kier alpha value is -1.35. The van der Waals surface area contributed by atoms with Crippen LogP contribution in [0.2, 0.25) is 0 Å². The number of hydrogen-bond acceptors (Lipinski definition) is 3. The summed E-state index contributed by atoms with van der Waals surface area (Å²) >= 11 is 0. The maximum Gasteiger partial charge on any atom is 0.336 e. The first-order valence-electron chi connectivity index (χ1n) is 4.29. The molecule has 1 unspecified atom stereocenters. The average molecular weight is 193 g/mol. The van der Waals surface area contributed by atoms with Crippen LogP contribution in [0, 0.1) is 6.42 Å². The first kappa shape index (κ1) is 10.7. The Morgan fingerprint density at radius 1 is 1.79 bits per heavy atom. The molecule has 14 heavy (non-hydrogen) atoms. The first-order valence-corrected chi connectivity index (χ1v) is 4.29. The van der Waals surface area contributed by atoms with Gasteiger partial charge in [0.2, 0.25) is 0 Å². The van der Waals surface area contributed by atoms with E-state index in [9.17, 15) is 9.90 Å². The van der Waals surface area contributed by atoms with Crippen LogP contribution in [0.5, 0.6) is 0 Å². The van der Waals surface area contributed by atoms with Gasteiger partial charge >= 0.3 is 5.97 Å². The van der Waals surface area contributed by atoms with Gasteiger partial charge in [0.15, 0.2) is 0 Å². The second-order valence-electron chi connectivity index (χ2n) is 3.04. The molecule has 0 spiro atoms. The molecule has 1 rings (SSSR count). The number of carbonyl (C=O) groups is 1. The van der Waals surface area contributed by atoms with E-state index in [2.05, 4.69) is 11.3 Å². The molecular weight excluding hydrogens is 180 g/mol. The minimum atomic E-state index is -1.27. The van der Waals surface area contributed by atoms with Crippen molar-refractivity contribution in [2.45, 2.75) is 12.0 Å². The molecule has 0 aromatic rings. The predicted molar refractivity (Wildman–Crippen MR) is 53.3 cm³/mol. The number of ether oxygens (including phenoxy) is 1. The molecule has 0 saturated carbocycles. The summed E-state index contributed by atoms with van der Waals surface area (Å²) in [5.74, 6) is -0.519. The van der Waals surface area contributed by atoms with Gasteiger partial charge in [-0.3, -0.25) is 0 Å². The normalized spacial score (nSPS) is 25.4. The lowest BCUT2D eigenvalue weighted by Crippen LogP contribution is -2.34. The molecule has 1 atom stereocenters. The van der Waals surface area contributed by atoms with Crippen LogP contribution in [0.3, 0.4) is 0 Å². The Kier molecular flexibility index (Phi) is 3.25. The van der Waals surface area contributed by atoms with Gasteiger partial charge in [0.25, 0.3) is 0 Å². The molecule has 0 aromatic carbocycles. The monoisotopic (exact) mass is 193 g/mol. The molecule has 75 valence electrons. The standard InChI is InChI=1S/C11H13O3/c1-3-7-11(13)8-5-4-6-9(11)10(12)14-2/h3-6,8,13H,1,7H2,2H3. The van der Waals surface area contributed by atoms with Crippen molar-refractivity contribution in [1.29, 1.82) is 0 Å². The Balaban J connectivity index is 2.96. The summed E-state index contributed by atoms with van der Waals surface area (Å²) < 4.78 is 4.58. The number of carbonyl (C=O) groups excluding carboxylic acids is 1. The van der Waals surface area contributed by atoms with Crippen molar-refractivity contribution in [3.8, 4) is 0 Å². The minimum Gasteiger partial charge on any atom is -0.466 e. The van der Waals surface area contributed by atoms with Crippen LogP contribution in [0.1, 0.15) is 6.42 Å². The Morgan fingerprint density at radius 2 is 2.50 bits per heavy atom. The minimum absolute atomic E-state index is 0.238. The summed E-state index contributed by atoms with van der Waals surface area (Å²) in [6.45, 7) is 3.54. The van der Waals surface area contributed by atoms with Crippen molar-refractivity contribution in [3.05, 3.63) is 42.9 Å². The van der Waals surface area contributed by atoms with Gasteiger partial charge in [-0.15, -0.1) is 6.58 Å². The fourth-order valence-electron chi connectivity index (χ4n) is 1.35. The van der Waals surface area contributed by atoms with Crippen LogP contribution in [-0.4, -0.2) is 23.8 Å². The zero-order chi connectivity index (χ0) is 10.6. The zero-order valence-electron chi connectivity index (χ0n) is 8.06. The number of rotatable bonds is 3. The highest BCUT2D eigenvalue weighted by Crippen LogP contribution is 2.28. The lowest BCUT2D eigenvalue weighted by molar-refractivity contribution is -0.138. The third-order valence-electron chi connectivity index (χ3n) is 2.07. The summed E-state index contributed by atoms with van der Waals surface area (Å²) in [4.78, 5) is 11.3. The highest BCUT2D eigenvalue weighted by atomic mass is 16.5. The van der Waals surface area contributed by atoms with Gasteiger partial charge in [-0.1, -0.05) is 24.3 Å². The molecule has 0 bridgehead atoms. The quantitative estimate of drug-likeness (QED) is 0.540. The van der Waals surface area contributed by atoms with E-state index in [4.69, 9.17) is 0 Å². The second kappa shape index (κ2) is 4.24. The third-order valence-corrected chi connectivity index (χ3v) is 2.07. The van der Waals surface area contributed by atoms with Crippen molar-refractivity contribution >= 4 is 5.97 Å². The van der Waals surface area contributed by atoms with Crippen LogP contribution < -0.4 is 0 Å². The summed E-state index contributed by atoms with van der Waals surface area (Å²) in [6.07, 6.45) is 8.33. The van der Waals surface area contributed by atoms with Crippen LogP contribution in [0.4, 0.5) is 0 Å². The molecule has 3 heteroatoms. The lowest BCUT2D eigenvalue weighted by Gasteiger charge is -2.27. The third kappa shape index (κ3) is 1.93. The fraction of sp³-hybridized carbons (Fsp3) is 0.273. The van der Waals surface area contributed by atoms with Crippen molar-refractivity contribution in [2.75, 3.05) is 7.11 Å². The maximum atomic E-state index is 11.3. The van der Waals surface area contributed by atoms with Crippen LogP contribution in [0.15, 0.2) is 36.5 Å². The van der Waals surface area contributed by atoms with E-state index in [-0.39, 0.29) is 12.0 Å². The number of allylic oxidation sites excluding steroid dienone is 2. The highest BCUT2D eigenvalue weighted by molar-refractivity contribution is 5.92. The van der Waals surface area contributed by atoms with Crippen LogP contribution in [0.25, 0.3) is 0 Å². The van der Waals surface area contributed by atoms with Gasteiger partial charge in [0, 0.05) is 12.8 Å². The molecule has 0 amide bonds. The smallest absolute Gasteiger partial charge is 0.336 e. The van der Waals surface area contributed by atoms with Crippen molar-refractivity contribution in [3.63, 3.8) is 0 Å².